The largest absolute Gasteiger partial charge is 0.364 e. The number of nitrogens with two attached hydrogens (primary N) is 1. The van der Waals surface area contributed by atoms with Crippen LogP contribution in [-0.2, 0) is 5.92 Å². The summed E-state index contributed by atoms with van der Waals surface area (Å²) in [6, 6.07) is 2.31. The second-order valence-corrected chi connectivity index (χ2v) is 2.68. The molecular formula is C8H8F2N2O. The van der Waals surface area contributed by atoms with Gasteiger partial charge < -0.3 is 5.73 Å². The molecule has 0 fully saturated rings. The molecule has 70 valence electrons. The van der Waals surface area contributed by atoms with E-state index in [9.17, 15) is 13.6 Å². The van der Waals surface area contributed by atoms with E-state index in [1.165, 1.54) is 6.07 Å². The fourth-order valence-corrected chi connectivity index (χ4v) is 0.799. The van der Waals surface area contributed by atoms with Crippen LogP contribution in [0.5, 0.6) is 0 Å². The maximum Gasteiger partial charge on any atom is 0.272 e. The number of carbonyl (C=O) groups excluding carboxylic acids is 1. The number of alkyl halides is 2. The van der Waals surface area contributed by atoms with Crippen LogP contribution in [0.2, 0.25) is 0 Å². The molecule has 5 heteroatoms. The van der Waals surface area contributed by atoms with Crippen molar-refractivity contribution in [3.8, 4) is 0 Å². The van der Waals surface area contributed by atoms with Crippen molar-refractivity contribution in [2.75, 3.05) is 0 Å². The fraction of sp³-hybridized carbons (Fsp3) is 0.250. The Labute approximate surface area is 73.6 Å². The summed E-state index contributed by atoms with van der Waals surface area (Å²) in [5.41, 5.74) is 4.63. The van der Waals surface area contributed by atoms with Crippen LogP contribution in [0.15, 0.2) is 18.3 Å². The first-order chi connectivity index (χ1) is 5.91. The van der Waals surface area contributed by atoms with E-state index in [4.69, 9.17) is 5.73 Å². The zero-order valence-electron chi connectivity index (χ0n) is 6.92. The number of nitrogens with zero attached hydrogens (tertiary/aromatic N) is 1. The number of hydrogen-bond donors (Lipinski definition) is 1. The summed E-state index contributed by atoms with van der Waals surface area (Å²) in [4.78, 5) is 14.0. The molecule has 0 aliphatic carbocycles. The normalized spacial score (nSPS) is 11.3. The summed E-state index contributed by atoms with van der Waals surface area (Å²) in [7, 11) is 0. The standard InChI is InChI=1S/C8H8F2N2O/c1-8(9,10)5-2-3-6(7(11)13)12-4-5/h2-4H,1H3,(H2,11,13). The monoisotopic (exact) mass is 186 g/mol. The molecule has 0 aliphatic heterocycles. The highest BCUT2D eigenvalue weighted by molar-refractivity contribution is 5.90. The SMILES string of the molecule is CC(F)(F)c1ccc(C(N)=O)nc1. The van der Waals surface area contributed by atoms with Gasteiger partial charge in [0.15, 0.2) is 0 Å². The van der Waals surface area contributed by atoms with Crippen LogP contribution in [0.25, 0.3) is 0 Å². The molecule has 1 aromatic rings. The summed E-state index contributed by atoms with van der Waals surface area (Å²) < 4.78 is 25.3. The lowest BCUT2D eigenvalue weighted by Crippen LogP contribution is -2.14. The third kappa shape index (κ3) is 2.21. The van der Waals surface area contributed by atoms with E-state index in [2.05, 4.69) is 4.98 Å². The number of pyridine rings is 1. The van der Waals surface area contributed by atoms with E-state index in [-0.39, 0.29) is 11.3 Å². The van der Waals surface area contributed by atoms with Crippen molar-refractivity contribution in [2.45, 2.75) is 12.8 Å². The molecule has 1 heterocycles. The Morgan fingerprint density at radius 2 is 2.15 bits per heavy atom. The van der Waals surface area contributed by atoms with Crippen LogP contribution in [0.1, 0.15) is 23.0 Å². The van der Waals surface area contributed by atoms with Gasteiger partial charge in [-0.15, -0.1) is 0 Å². The first kappa shape index (κ1) is 9.57. The Bertz CT molecular complexity index is 316. The first-order valence-electron chi connectivity index (χ1n) is 3.55. The Morgan fingerprint density at radius 1 is 1.54 bits per heavy atom. The summed E-state index contributed by atoms with van der Waals surface area (Å²) in [5.74, 6) is -3.67. The molecule has 0 saturated carbocycles. The minimum Gasteiger partial charge on any atom is -0.364 e. The summed E-state index contributed by atoms with van der Waals surface area (Å²) in [6.07, 6.45) is 0.945. The van der Waals surface area contributed by atoms with Gasteiger partial charge in [-0.3, -0.25) is 9.78 Å². The summed E-state index contributed by atoms with van der Waals surface area (Å²) in [5, 5.41) is 0. The minimum absolute atomic E-state index is 0.0204. The maximum absolute atomic E-state index is 12.6. The molecule has 0 atom stereocenters. The molecule has 0 aliphatic rings. The number of carbonyl (C=O) groups is 1. The Kier molecular flexibility index (Phi) is 2.27. The van der Waals surface area contributed by atoms with Crippen molar-refractivity contribution in [1.29, 1.82) is 0 Å². The molecule has 13 heavy (non-hydrogen) atoms. The van der Waals surface area contributed by atoms with Crippen molar-refractivity contribution < 1.29 is 13.6 Å². The van der Waals surface area contributed by atoms with Gasteiger partial charge in [-0.25, -0.2) is 8.78 Å². The number of aromatic nitrogens is 1. The number of rotatable bonds is 2. The average Bonchev–Trinajstić information content (AvgIpc) is 2.03. The zero-order valence-corrected chi connectivity index (χ0v) is 6.92. The van der Waals surface area contributed by atoms with Crippen molar-refractivity contribution in [2.24, 2.45) is 5.73 Å². The number of amides is 1. The van der Waals surface area contributed by atoms with Gasteiger partial charge in [-0.1, -0.05) is 0 Å². The Hall–Kier alpha value is -1.52. The molecule has 0 radical (unpaired) electrons. The van der Waals surface area contributed by atoms with E-state index in [1.807, 2.05) is 0 Å². The van der Waals surface area contributed by atoms with Crippen LogP contribution in [0.4, 0.5) is 8.78 Å². The van der Waals surface area contributed by atoms with E-state index < -0.39 is 11.8 Å². The molecule has 1 rings (SSSR count). The molecule has 1 amide bonds. The van der Waals surface area contributed by atoms with Gasteiger partial charge in [-0.2, -0.15) is 0 Å². The summed E-state index contributed by atoms with van der Waals surface area (Å²) in [6.45, 7) is 0.758. The van der Waals surface area contributed by atoms with E-state index in [0.29, 0.717) is 0 Å². The molecular weight excluding hydrogens is 178 g/mol. The van der Waals surface area contributed by atoms with Crippen molar-refractivity contribution in [3.05, 3.63) is 29.6 Å². The molecule has 0 saturated heterocycles. The second-order valence-electron chi connectivity index (χ2n) is 2.68. The smallest absolute Gasteiger partial charge is 0.272 e. The highest BCUT2D eigenvalue weighted by Gasteiger charge is 2.24. The van der Waals surface area contributed by atoms with Gasteiger partial charge in [0.2, 0.25) is 0 Å². The van der Waals surface area contributed by atoms with Crippen LogP contribution in [0.3, 0.4) is 0 Å². The second kappa shape index (κ2) is 3.08. The lowest BCUT2D eigenvalue weighted by atomic mass is 10.1. The van der Waals surface area contributed by atoms with Crippen LogP contribution < -0.4 is 5.73 Å². The van der Waals surface area contributed by atoms with Crippen molar-refractivity contribution in [3.63, 3.8) is 0 Å². The van der Waals surface area contributed by atoms with Gasteiger partial charge in [0.1, 0.15) is 5.69 Å². The molecule has 1 aromatic heterocycles. The van der Waals surface area contributed by atoms with E-state index in [1.54, 1.807) is 0 Å². The lowest BCUT2D eigenvalue weighted by Gasteiger charge is -2.09. The molecule has 0 spiro atoms. The molecule has 0 bridgehead atoms. The third-order valence-corrected chi connectivity index (χ3v) is 1.52. The minimum atomic E-state index is -2.94. The van der Waals surface area contributed by atoms with Gasteiger partial charge in [0.25, 0.3) is 11.8 Å². The Morgan fingerprint density at radius 3 is 2.46 bits per heavy atom. The molecule has 3 nitrogen and oxygen atoms in total. The Balaban J connectivity index is 3.01. The quantitative estimate of drug-likeness (QED) is 0.756. The third-order valence-electron chi connectivity index (χ3n) is 1.52. The van der Waals surface area contributed by atoms with Gasteiger partial charge in [-0.05, 0) is 12.1 Å². The fourth-order valence-electron chi connectivity index (χ4n) is 0.799. The van der Waals surface area contributed by atoms with Gasteiger partial charge in [0.05, 0.1) is 0 Å². The maximum atomic E-state index is 12.6. The predicted molar refractivity (Wildman–Crippen MR) is 42.3 cm³/mol. The number of halogens is 2. The van der Waals surface area contributed by atoms with Crippen molar-refractivity contribution in [1.82, 2.24) is 4.98 Å². The highest BCUT2D eigenvalue weighted by Crippen LogP contribution is 2.25. The number of primary amides is 1. The number of hydrogen-bond acceptors (Lipinski definition) is 2. The van der Waals surface area contributed by atoms with Crippen molar-refractivity contribution >= 4 is 5.91 Å². The predicted octanol–water partition coefficient (Wildman–Crippen LogP) is 1.29. The first-order valence-corrected chi connectivity index (χ1v) is 3.55. The lowest BCUT2D eigenvalue weighted by molar-refractivity contribution is 0.0170. The van der Waals surface area contributed by atoms with E-state index in [0.717, 1.165) is 19.2 Å². The van der Waals surface area contributed by atoms with Crippen LogP contribution in [-0.4, -0.2) is 10.9 Å². The topological polar surface area (TPSA) is 56.0 Å². The molecule has 0 aromatic carbocycles. The highest BCUT2D eigenvalue weighted by atomic mass is 19.3. The summed E-state index contributed by atoms with van der Waals surface area (Å²) >= 11 is 0. The molecule has 0 unspecified atom stereocenters. The van der Waals surface area contributed by atoms with Gasteiger partial charge >= 0.3 is 0 Å². The van der Waals surface area contributed by atoms with E-state index >= 15 is 0 Å². The molecule has 2 N–H and O–H groups in total. The van der Waals surface area contributed by atoms with Crippen LogP contribution >= 0.6 is 0 Å². The zero-order chi connectivity index (χ0) is 10.1. The van der Waals surface area contributed by atoms with Gasteiger partial charge in [0, 0.05) is 18.7 Å². The average molecular weight is 186 g/mol. The van der Waals surface area contributed by atoms with Crippen LogP contribution in [0, 0.1) is 0 Å².